The molecule has 0 aliphatic carbocycles. The molecule has 7 heteroatoms. The van der Waals surface area contributed by atoms with Crippen LogP contribution in [0.3, 0.4) is 0 Å². The molecule has 0 bridgehead atoms. The Kier molecular flexibility index (Phi) is 5.67. The molecule has 1 saturated heterocycles. The van der Waals surface area contributed by atoms with Crippen molar-refractivity contribution in [2.24, 2.45) is 5.92 Å². The number of fused-ring (bicyclic) bond motifs is 1. The van der Waals surface area contributed by atoms with Crippen LogP contribution in [0, 0.1) is 12.8 Å². The number of likely N-dealkylation sites (N-methyl/N-ethyl adjacent to an activating group) is 1. The van der Waals surface area contributed by atoms with E-state index in [-0.39, 0.29) is 11.8 Å². The smallest absolute Gasteiger partial charge is 0.257 e. The van der Waals surface area contributed by atoms with Gasteiger partial charge in [-0.15, -0.1) is 0 Å². The third-order valence-electron chi connectivity index (χ3n) is 6.14. The third-order valence-corrected chi connectivity index (χ3v) is 6.14. The Morgan fingerprint density at radius 1 is 1.10 bits per heavy atom. The van der Waals surface area contributed by atoms with Crippen molar-refractivity contribution in [1.82, 2.24) is 24.9 Å². The maximum absolute atomic E-state index is 13.0. The molecule has 1 aromatic heterocycles. The zero-order chi connectivity index (χ0) is 20.4. The van der Waals surface area contributed by atoms with Crippen molar-refractivity contribution in [3.05, 3.63) is 52.8 Å². The fraction of sp³-hybridized carbons (Fsp3) is 0.500. The standard InChI is InChI=1S/C22H29N5O2/c1-16-5-3-4-6-18(16)21(28)23-14-17-7-8-27-20(13-17)19(15-24-27)22(29)26-11-9-25(2)10-12-26/h3-6,15,17H,7-14H2,1-2H3,(H,23,28). The number of carbonyl (C=O) groups excluding carboxylic acids is 2. The molecule has 4 rings (SSSR count). The van der Waals surface area contributed by atoms with Gasteiger partial charge in [-0.2, -0.15) is 5.10 Å². The monoisotopic (exact) mass is 395 g/mol. The third kappa shape index (κ3) is 4.19. The SMILES string of the molecule is Cc1ccccc1C(=O)NCC1CCn2ncc(C(=O)N3CCN(C)CC3)c2C1. The van der Waals surface area contributed by atoms with E-state index >= 15 is 0 Å². The van der Waals surface area contributed by atoms with Crippen LogP contribution in [0.1, 0.15) is 38.4 Å². The van der Waals surface area contributed by atoms with Gasteiger partial charge in [0.25, 0.3) is 11.8 Å². The van der Waals surface area contributed by atoms with E-state index in [0.29, 0.717) is 12.5 Å². The first-order valence-electron chi connectivity index (χ1n) is 10.4. The van der Waals surface area contributed by atoms with Gasteiger partial charge in [0.15, 0.2) is 0 Å². The van der Waals surface area contributed by atoms with Crippen LogP contribution in [0.25, 0.3) is 0 Å². The molecule has 2 amide bonds. The van der Waals surface area contributed by atoms with Gasteiger partial charge >= 0.3 is 0 Å². The normalized spacial score (nSPS) is 19.7. The summed E-state index contributed by atoms with van der Waals surface area (Å²) in [5.41, 5.74) is 3.44. The molecule has 7 nitrogen and oxygen atoms in total. The number of rotatable bonds is 4. The lowest BCUT2D eigenvalue weighted by molar-refractivity contribution is 0.0661. The summed E-state index contributed by atoms with van der Waals surface area (Å²) in [6.07, 6.45) is 3.44. The first kappa shape index (κ1) is 19.6. The molecule has 0 saturated carbocycles. The second kappa shape index (κ2) is 8.37. The van der Waals surface area contributed by atoms with E-state index in [2.05, 4.69) is 22.4 Å². The van der Waals surface area contributed by atoms with Gasteiger partial charge < -0.3 is 15.1 Å². The van der Waals surface area contributed by atoms with E-state index in [1.165, 1.54) is 0 Å². The zero-order valence-corrected chi connectivity index (χ0v) is 17.2. The quantitative estimate of drug-likeness (QED) is 0.853. The van der Waals surface area contributed by atoms with E-state index in [4.69, 9.17) is 0 Å². The summed E-state index contributed by atoms with van der Waals surface area (Å²) in [7, 11) is 2.08. The Morgan fingerprint density at radius 2 is 1.86 bits per heavy atom. The molecule has 1 N–H and O–H groups in total. The minimum absolute atomic E-state index is 0.0316. The Labute approximate surface area is 171 Å². The van der Waals surface area contributed by atoms with Crippen LogP contribution in [-0.2, 0) is 13.0 Å². The highest BCUT2D eigenvalue weighted by Gasteiger charge is 2.29. The fourth-order valence-electron chi connectivity index (χ4n) is 4.19. The summed E-state index contributed by atoms with van der Waals surface area (Å²) in [6, 6.07) is 7.63. The minimum atomic E-state index is -0.0316. The van der Waals surface area contributed by atoms with Crippen molar-refractivity contribution in [2.75, 3.05) is 39.8 Å². The Balaban J connectivity index is 1.39. The molecule has 1 atom stereocenters. The lowest BCUT2D eigenvalue weighted by Crippen LogP contribution is -2.47. The molecule has 154 valence electrons. The first-order chi connectivity index (χ1) is 14.0. The lowest BCUT2D eigenvalue weighted by Gasteiger charge is -2.32. The molecule has 3 heterocycles. The summed E-state index contributed by atoms with van der Waals surface area (Å²) >= 11 is 0. The Bertz CT molecular complexity index is 898. The molecule has 29 heavy (non-hydrogen) atoms. The average molecular weight is 396 g/mol. The zero-order valence-electron chi connectivity index (χ0n) is 17.2. The number of nitrogens with zero attached hydrogens (tertiary/aromatic N) is 4. The Morgan fingerprint density at radius 3 is 2.62 bits per heavy atom. The lowest BCUT2D eigenvalue weighted by atomic mass is 9.93. The van der Waals surface area contributed by atoms with E-state index in [9.17, 15) is 9.59 Å². The minimum Gasteiger partial charge on any atom is -0.352 e. The second-order valence-corrected chi connectivity index (χ2v) is 8.21. The predicted molar refractivity (Wildman–Crippen MR) is 111 cm³/mol. The van der Waals surface area contributed by atoms with Crippen molar-refractivity contribution < 1.29 is 9.59 Å². The summed E-state index contributed by atoms with van der Waals surface area (Å²) in [5, 5.41) is 7.53. The van der Waals surface area contributed by atoms with Crippen molar-refractivity contribution in [3.8, 4) is 0 Å². The van der Waals surface area contributed by atoms with Gasteiger partial charge in [0.2, 0.25) is 0 Å². The topological polar surface area (TPSA) is 70.5 Å². The van der Waals surface area contributed by atoms with Gasteiger partial charge in [-0.25, -0.2) is 0 Å². The maximum Gasteiger partial charge on any atom is 0.257 e. The molecule has 2 aromatic rings. The molecular formula is C22H29N5O2. The predicted octanol–water partition coefficient (Wildman–Crippen LogP) is 1.57. The van der Waals surface area contributed by atoms with Crippen LogP contribution >= 0.6 is 0 Å². The first-order valence-corrected chi connectivity index (χ1v) is 10.4. The molecule has 1 fully saturated rings. The molecule has 1 aromatic carbocycles. The van der Waals surface area contributed by atoms with Crippen LogP contribution in [0.4, 0.5) is 0 Å². The summed E-state index contributed by atoms with van der Waals surface area (Å²) < 4.78 is 1.96. The van der Waals surface area contributed by atoms with Crippen molar-refractivity contribution in [3.63, 3.8) is 0 Å². The number of hydrogen-bond donors (Lipinski definition) is 1. The van der Waals surface area contributed by atoms with Crippen LogP contribution in [0.2, 0.25) is 0 Å². The van der Waals surface area contributed by atoms with E-state index in [1.54, 1.807) is 6.20 Å². The summed E-state index contributed by atoms with van der Waals surface area (Å²) in [6.45, 7) is 6.68. The van der Waals surface area contributed by atoms with Gasteiger partial charge in [0.1, 0.15) is 0 Å². The van der Waals surface area contributed by atoms with Gasteiger partial charge in [0, 0.05) is 44.8 Å². The number of benzene rings is 1. The number of amides is 2. The maximum atomic E-state index is 13.0. The molecule has 0 radical (unpaired) electrons. The number of aryl methyl sites for hydroxylation is 2. The van der Waals surface area contributed by atoms with E-state index < -0.39 is 0 Å². The largest absolute Gasteiger partial charge is 0.352 e. The number of piperazine rings is 1. The fourth-order valence-corrected chi connectivity index (χ4v) is 4.19. The van der Waals surface area contributed by atoms with Gasteiger partial charge in [0.05, 0.1) is 17.5 Å². The molecule has 0 spiro atoms. The van der Waals surface area contributed by atoms with Crippen LogP contribution < -0.4 is 5.32 Å². The molecular weight excluding hydrogens is 366 g/mol. The highest BCUT2D eigenvalue weighted by Crippen LogP contribution is 2.24. The number of aromatic nitrogens is 2. The van der Waals surface area contributed by atoms with E-state index in [0.717, 1.165) is 67.9 Å². The van der Waals surface area contributed by atoms with Gasteiger partial charge in [-0.1, -0.05) is 18.2 Å². The molecule has 1 unspecified atom stereocenters. The van der Waals surface area contributed by atoms with Crippen LogP contribution in [0.5, 0.6) is 0 Å². The van der Waals surface area contributed by atoms with Crippen molar-refractivity contribution in [1.29, 1.82) is 0 Å². The Hall–Kier alpha value is -2.67. The molecule has 2 aliphatic rings. The highest BCUT2D eigenvalue weighted by molar-refractivity contribution is 5.96. The number of hydrogen-bond acceptors (Lipinski definition) is 4. The van der Waals surface area contributed by atoms with Crippen LogP contribution in [-0.4, -0.2) is 71.2 Å². The summed E-state index contributed by atoms with van der Waals surface area (Å²) in [4.78, 5) is 29.7. The highest BCUT2D eigenvalue weighted by atomic mass is 16.2. The summed E-state index contributed by atoms with van der Waals surface area (Å²) in [5.74, 6) is 0.367. The van der Waals surface area contributed by atoms with Crippen LogP contribution in [0.15, 0.2) is 30.5 Å². The average Bonchev–Trinajstić information content (AvgIpc) is 3.15. The van der Waals surface area contributed by atoms with Crippen molar-refractivity contribution in [2.45, 2.75) is 26.3 Å². The molecule has 2 aliphatic heterocycles. The second-order valence-electron chi connectivity index (χ2n) is 8.21. The van der Waals surface area contributed by atoms with Gasteiger partial charge in [-0.3, -0.25) is 14.3 Å². The van der Waals surface area contributed by atoms with E-state index in [1.807, 2.05) is 40.8 Å². The number of nitrogens with one attached hydrogen (secondary N) is 1. The van der Waals surface area contributed by atoms with Crippen molar-refractivity contribution >= 4 is 11.8 Å². The number of carbonyl (C=O) groups is 2. The van der Waals surface area contributed by atoms with Gasteiger partial charge in [-0.05, 0) is 44.4 Å².